The van der Waals surface area contributed by atoms with Crippen LogP contribution in [0.25, 0.3) is 22.0 Å². The molecule has 4 aromatic rings. The first-order valence-electron chi connectivity index (χ1n) is 13.3. The molecule has 0 spiro atoms. The van der Waals surface area contributed by atoms with Gasteiger partial charge in [0.25, 0.3) is 0 Å². The molecule has 4 aromatic heterocycles. The Morgan fingerprint density at radius 2 is 2.05 bits per heavy atom. The molecule has 1 atom stereocenters. The second kappa shape index (κ2) is 10.1. The standard InChI is InChI=1S/C28H33N9O2/c1-16(15-39-3)36-8-6-19-11-25(35-37(19)14-26(36)38)34-24-10-18-9-23(33-28(29)21(18)13-32-24)20-12-31-22-5-4-7-30-27(22)17(20)2/h9-13,16,30H,4-8,14-15H2,1-3H3,(H2,29,33)(H,32,34,35)/t16-/m1/s1. The van der Waals surface area contributed by atoms with Gasteiger partial charge in [-0.3, -0.25) is 14.5 Å². The van der Waals surface area contributed by atoms with Crippen LogP contribution < -0.4 is 16.4 Å². The lowest BCUT2D eigenvalue weighted by atomic mass is 9.99. The summed E-state index contributed by atoms with van der Waals surface area (Å²) in [6.45, 7) is 6.39. The smallest absolute Gasteiger partial charge is 0.244 e. The molecule has 2 aliphatic rings. The summed E-state index contributed by atoms with van der Waals surface area (Å²) >= 11 is 0. The number of hydrogen-bond donors (Lipinski definition) is 3. The molecule has 6 rings (SSSR count). The normalized spacial score (nSPS) is 15.9. The molecule has 11 nitrogen and oxygen atoms in total. The van der Waals surface area contributed by atoms with Crippen LogP contribution in [0.15, 0.2) is 30.6 Å². The Morgan fingerprint density at radius 3 is 2.90 bits per heavy atom. The highest BCUT2D eigenvalue weighted by molar-refractivity contribution is 5.95. The van der Waals surface area contributed by atoms with Crippen LogP contribution in [0.5, 0.6) is 0 Å². The summed E-state index contributed by atoms with van der Waals surface area (Å²) < 4.78 is 7.01. The number of carbonyl (C=O) groups excluding carboxylic acids is 1. The molecule has 2 aliphatic heterocycles. The highest BCUT2D eigenvalue weighted by Crippen LogP contribution is 2.34. The second-order valence-electron chi connectivity index (χ2n) is 10.3. The number of hydrogen-bond acceptors (Lipinski definition) is 9. The van der Waals surface area contributed by atoms with Crippen molar-refractivity contribution in [3.8, 4) is 11.3 Å². The molecule has 0 aliphatic carbocycles. The molecular formula is C28H33N9O2. The van der Waals surface area contributed by atoms with Gasteiger partial charge in [0.15, 0.2) is 5.82 Å². The number of nitrogens with zero attached hydrogens (tertiary/aromatic N) is 6. The molecule has 0 radical (unpaired) electrons. The number of anilines is 4. The van der Waals surface area contributed by atoms with Gasteiger partial charge in [0.2, 0.25) is 5.91 Å². The van der Waals surface area contributed by atoms with Gasteiger partial charge in [-0.25, -0.2) is 9.97 Å². The van der Waals surface area contributed by atoms with Crippen molar-refractivity contribution in [1.29, 1.82) is 0 Å². The molecule has 0 saturated carbocycles. The summed E-state index contributed by atoms with van der Waals surface area (Å²) in [7, 11) is 1.65. The zero-order chi connectivity index (χ0) is 27.1. The molecule has 0 fully saturated rings. The molecule has 202 valence electrons. The summed E-state index contributed by atoms with van der Waals surface area (Å²) in [5.41, 5.74) is 12.4. The van der Waals surface area contributed by atoms with Gasteiger partial charge in [-0.05, 0) is 49.8 Å². The topological polar surface area (TPSA) is 136 Å². The number of pyridine rings is 3. The van der Waals surface area contributed by atoms with E-state index >= 15 is 0 Å². The van der Waals surface area contributed by atoms with Gasteiger partial charge in [-0.1, -0.05) is 0 Å². The second-order valence-corrected chi connectivity index (χ2v) is 10.3. The monoisotopic (exact) mass is 527 g/mol. The lowest BCUT2D eigenvalue weighted by molar-refractivity contribution is -0.134. The van der Waals surface area contributed by atoms with Gasteiger partial charge in [0.05, 0.1) is 29.7 Å². The molecule has 1 amide bonds. The van der Waals surface area contributed by atoms with E-state index in [2.05, 4.69) is 32.6 Å². The largest absolute Gasteiger partial charge is 0.383 e. The average molecular weight is 528 g/mol. The van der Waals surface area contributed by atoms with Crippen LogP contribution >= 0.6 is 0 Å². The summed E-state index contributed by atoms with van der Waals surface area (Å²) in [6, 6.07) is 5.97. The number of amides is 1. The molecule has 0 unspecified atom stereocenters. The number of ether oxygens (including phenoxy) is 1. The molecule has 4 N–H and O–H groups in total. The molecule has 39 heavy (non-hydrogen) atoms. The third-order valence-corrected chi connectivity index (χ3v) is 7.60. The quantitative estimate of drug-likeness (QED) is 0.345. The summed E-state index contributed by atoms with van der Waals surface area (Å²) in [4.78, 5) is 28.6. The summed E-state index contributed by atoms with van der Waals surface area (Å²) in [5.74, 6) is 1.74. The van der Waals surface area contributed by atoms with Crippen LogP contribution in [-0.2, 0) is 28.9 Å². The maximum Gasteiger partial charge on any atom is 0.244 e. The van der Waals surface area contributed by atoms with Gasteiger partial charge in [-0.2, -0.15) is 5.10 Å². The van der Waals surface area contributed by atoms with Crippen molar-refractivity contribution < 1.29 is 9.53 Å². The van der Waals surface area contributed by atoms with Crippen molar-refractivity contribution in [1.82, 2.24) is 29.6 Å². The maximum atomic E-state index is 12.8. The molecule has 0 bridgehead atoms. The third-order valence-electron chi connectivity index (χ3n) is 7.60. The maximum absolute atomic E-state index is 12.8. The van der Waals surface area contributed by atoms with E-state index in [0.29, 0.717) is 37.0 Å². The summed E-state index contributed by atoms with van der Waals surface area (Å²) in [5, 5.41) is 13.1. The lowest BCUT2D eigenvalue weighted by Crippen LogP contribution is -2.42. The van der Waals surface area contributed by atoms with Crippen LogP contribution in [0.2, 0.25) is 0 Å². The van der Waals surface area contributed by atoms with Crippen LogP contribution in [0.1, 0.15) is 30.3 Å². The number of nitrogens with two attached hydrogens (primary N) is 1. The number of rotatable bonds is 6. The first kappa shape index (κ1) is 25.1. The number of aromatic nitrogens is 5. The van der Waals surface area contributed by atoms with Gasteiger partial charge < -0.3 is 26.0 Å². The van der Waals surface area contributed by atoms with E-state index < -0.39 is 0 Å². The number of aryl methyl sites for hydroxylation is 1. The Balaban J connectivity index is 1.26. The molecule has 0 aromatic carbocycles. The number of nitrogen functional groups attached to an aromatic ring is 1. The lowest BCUT2D eigenvalue weighted by Gasteiger charge is -2.27. The van der Waals surface area contributed by atoms with Crippen molar-refractivity contribution in [3.05, 3.63) is 47.5 Å². The number of fused-ring (bicyclic) bond motifs is 3. The van der Waals surface area contributed by atoms with E-state index in [1.54, 1.807) is 18.0 Å². The first-order valence-corrected chi connectivity index (χ1v) is 13.3. The fourth-order valence-corrected chi connectivity index (χ4v) is 5.55. The number of nitrogens with one attached hydrogen (secondary N) is 2. The van der Waals surface area contributed by atoms with E-state index in [-0.39, 0.29) is 18.5 Å². The van der Waals surface area contributed by atoms with E-state index in [1.807, 2.05) is 36.2 Å². The average Bonchev–Trinajstić information content (AvgIpc) is 3.21. The Morgan fingerprint density at radius 1 is 1.18 bits per heavy atom. The van der Waals surface area contributed by atoms with E-state index in [9.17, 15) is 4.79 Å². The zero-order valence-corrected chi connectivity index (χ0v) is 22.5. The SMILES string of the molecule is COC[C@@H](C)N1CCc2cc(Nc3cc4cc(-c5cnc6c(c5C)NCCC6)nc(N)c4cn3)nn2CC1=O. The van der Waals surface area contributed by atoms with Crippen LogP contribution in [0.3, 0.4) is 0 Å². The van der Waals surface area contributed by atoms with Gasteiger partial charge in [-0.15, -0.1) is 0 Å². The van der Waals surface area contributed by atoms with Crippen LogP contribution in [0, 0.1) is 6.92 Å². The van der Waals surface area contributed by atoms with Crippen molar-refractivity contribution in [2.45, 2.75) is 45.7 Å². The highest BCUT2D eigenvalue weighted by atomic mass is 16.5. The van der Waals surface area contributed by atoms with Gasteiger partial charge in [0.1, 0.15) is 18.2 Å². The van der Waals surface area contributed by atoms with Gasteiger partial charge >= 0.3 is 0 Å². The van der Waals surface area contributed by atoms with Crippen LogP contribution in [0.4, 0.5) is 23.1 Å². The summed E-state index contributed by atoms with van der Waals surface area (Å²) in [6.07, 6.45) is 6.40. The fourth-order valence-electron chi connectivity index (χ4n) is 5.55. The Bertz CT molecular complexity index is 1560. The van der Waals surface area contributed by atoms with E-state index in [1.165, 1.54) is 0 Å². The zero-order valence-electron chi connectivity index (χ0n) is 22.5. The van der Waals surface area contributed by atoms with Crippen molar-refractivity contribution in [3.63, 3.8) is 0 Å². The minimum atomic E-state index is 0.0236. The Labute approximate surface area is 226 Å². The molecule has 11 heteroatoms. The molecule has 6 heterocycles. The Hall–Kier alpha value is -4.25. The van der Waals surface area contributed by atoms with E-state index in [4.69, 9.17) is 15.5 Å². The Kier molecular flexibility index (Phi) is 6.51. The fraction of sp³-hybridized carbons (Fsp3) is 0.393. The highest BCUT2D eigenvalue weighted by Gasteiger charge is 2.26. The van der Waals surface area contributed by atoms with Gasteiger partial charge in [0, 0.05) is 61.7 Å². The van der Waals surface area contributed by atoms with Crippen LogP contribution in [-0.4, -0.2) is 68.4 Å². The predicted octanol–water partition coefficient (Wildman–Crippen LogP) is 3.30. The molecular weight excluding hydrogens is 494 g/mol. The molecule has 0 saturated heterocycles. The van der Waals surface area contributed by atoms with Crippen molar-refractivity contribution in [2.75, 3.05) is 43.2 Å². The minimum Gasteiger partial charge on any atom is -0.383 e. The predicted molar refractivity (Wildman–Crippen MR) is 151 cm³/mol. The number of methoxy groups -OCH3 is 1. The van der Waals surface area contributed by atoms with Crippen molar-refractivity contribution in [2.24, 2.45) is 0 Å². The van der Waals surface area contributed by atoms with E-state index in [0.717, 1.165) is 64.1 Å². The number of carbonyl (C=O) groups is 1. The minimum absolute atomic E-state index is 0.0236. The van der Waals surface area contributed by atoms with Crippen molar-refractivity contribution >= 4 is 39.8 Å². The third kappa shape index (κ3) is 4.74. The first-order chi connectivity index (χ1) is 18.9.